The Morgan fingerprint density at radius 3 is 2.55 bits per heavy atom. The molecule has 0 radical (unpaired) electrons. The van der Waals surface area contributed by atoms with Gasteiger partial charge in [0.1, 0.15) is 0 Å². The molecule has 1 atom stereocenters. The van der Waals surface area contributed by atoms with Crippen LogP contribution in [0, 0.1) is 11.6 Å². The van der Waals surface area contributed by atoms with Crippen molar-refractivity contribution in [3.63, 3.8) is 0 Å². The number of nitrogens with zero attached hydrogens (tertiary/aromatic N) is 5. The van der Waals surface area contributed by atoms with E-state index in [1.165, 1.54) is 6.07 Å². The average Bonchev–Trinajstić information content (AvgIpc) is 2.95. The van der Waals surface area contributed by atoms with Gasteiger partial charge in [-0.15, -0.1) is 0 Å². The van der Waals surface area contributed by atoms with Crippen LogP contribution in [0.3, 0.4) is 0 Å². The van der Waals surface area contributed by atoms with E-state index in [0.29, 0.717) is 32.0 Å². The summed E-state index contributed by atoms with van der Waals surface area (Å²) in [7, 11) is 0. The van der Waals surface area contributed by atoms with Crippen molar-refractivity contribution in [2.45, 2.75) is 44.7 Å². The average molecular weight is 581 g/mol. The molecule has 0 aliphatic carbocycles. The zero-order valence-corrected chi connectivity index (χ0v) is 23.1. The van der Waals surface area contributed by atoms with Crippen LogP contribution in [0.15, 0.2) is 12.1 Å². The lowest BCUT2D eigenvalue weighted by molar-refractivity contribution is 0.0481. The van der Waals surface area contributed by atoms with Gasteiger partial charge in [0.15, 0.2) is 34.1 Å². The van der Waals surface area contributed by atoms with E-state index in [-0.39, 0.29) is 47.5 Å². The molecule has 218 valence electrons. The van der Waals surface area contributed by atoms with E-state index in [2.05, 4.69) is 27.1 Å². The first-order valence-electron chi connectivity index (χ1n) is 13.4. The number of carbonyl (C=O) groups is 2. The van der Waals surface area contributed by atoms with Gasteiger partial charge in [0.25, 0.3) is 11.8 Å². The molecule has 1 aromatic carbocycles. The van der Waals surface area contributed by atoms with E-state index in [1.54, 1.807) is 4.90 Å². The van der Waals surface area contributed by atoms with Crippen molar-refractivity contribution in [3.05, 3.63) is 40.2 Å². The molecular formula is C26H35ClF2N8O3. The van der Waals surface area contributed by atoms with Gasteiger partial charge in [0, 0.05) is 51.4 Å². The van der Waals surface area contributed by atoms with Crippen molar-refractivity contribution in [2.24, 2.45) is 0 Å². The summed E-state index contributed by atoms with van der Waals surface area (Å²) in [5.41, 5.74) is 11.1. The third kappa shape index (κ3) is 6.21. The molecule has 14 heteroatoms. The zero-order chi connectivity index (χ0) is 29.0. The summed E-state index contributed by atoms with van der Waals surface area (Å²) in [4.78, 5) is 40.0. The molecule has 6 N–H and O–H groups in total. The second-order valence-electron chi connectivity index (χ2n) is 10.0. The predicted octanol–water partition coefficient (Wildman–Crippen LogP) is 1.89. The van der Waals surface area contributed by atoms with Gasteiger partial charge in [-0.25, -0.2) is 18.7 Å². The number of aliphatic hydroxyl groups is 1. The van der Waals surface area contributed by atoms with Crippen molar-refractivity contribution in [2.75, 3.05) is 62.2 Å². The van der Waals surface area contributed by atoms with Crippen molar-refractivity contribution >= 4 is 40.7 Å². The maximum atomic E-state index is 13.9. The minimum Gasteiger partial charge on any atom is -0.396 e. The second kappa shape index (κ2) is 12.9. The molecule has 2 aliphatic heterocycles. The Balaban J connectivity index is 1.41. The number of nitrogens with two attached hydrogens (primary N) is 2. The van der Waals surface area contributed by atoms with Gasteiger partial charge in [0.2, 0.25) is 0 Å². The lowest BCUT2D eigenvalue weighted by Crippen LogP contribution is -2.59. The Bertz CT molecular complexity index is 1240. The number of hydrogen-bond donors (Lipinski definition) is 4. The fraction of sp³-hybridized carbons (Fsp3) is 0.538. The Kier molecular flexibility index (Phi) is 9.59. The molecule has 2 saturated heterocycles. The number of halogens is 3. The predicted molar refractivity (Wildman–Crippen MR) is 148 cm³/mol. The molecule has 0 saturated carbocycles. The van der Waals surface area contributed by atoms with E-state index < -0.39 is 29.1 Å². The minimum atomic E-state index is -1.20. The summed E-state index contributed by atoms with van der Waals surface area (Å²) >= 11 is 6.44. The van der Waals surface area contributed by atoms with Gasteiger partial charge >= 0.3 is 0 Å². The second-order valence-corrected chi connectivity index (χ2v) is 10.4. The van der Waals surface area contributed by atoms with Gasteiger partial charge in [-0.3, -0.25) is 14.5 Å². The number of benzene rings is 1. The van der Waals surface area contributed by atoms with Crippen LogP contribution in [0.5, 0.6) is 0 Å². The quantitative estimate of drug-likeness (QED) is 0.343. The molecule has 0 unspecified atom stereocenters. The standard InChI is InChI=1S/C26H35ClF2N8O3/c1-2-3-16-14-36(24-22(27)33-21(23(31)34-24)25(39)32-8-13-38)11-12-37(16)15-6-9-35(10-7-15)26(40)17-4-5-18(28)19(29)20(17)30/h4-5,15-16,38H,2-3,6-14,30H2,1H3,(H2,31,34)(H,32,39)/t16-/m0/s1. The molecule has 2 aliphatic rings. The van der Waals surface area contributed by atoms with Gasteiger partial charge in [-0.1, -0.05) is 24.9 Å². The highest BCUT2D eigenvalue weighted by Crippen LogP contribution is 2.31. The van der Waals surface area contributed by atoms with E-state index in [4.69, 9.17) is 28.2 Å². The maximum Gasteiger partial charge on any atom is 0.273 e. The van der Waals surface area contributed by atoms with Crippen LogP contribution in [0.1, 0.15) is 53.5 Å². The molecule has 0 bridgehead atoms. The normalized spacial score (nSPS) is 18.7. The van der Waals surface area contributed by atoms with E-state index in [1.807, 2.05) is 4.90 Å². The van der Waals surface area contributed by atoms with Crippen molar-refractivity contribution < 1.29 is 23.5 Å². The third-order valence-corrected chi connectivity index (χ3v) is 7.76. The molecule has 1 aromatic heterocycles. The van der Waals surface area contributed by atoms with Gasteiger partial charge < -0.3 is 31.7 Å². The first-order chi connectivity index (χ1) is 19.2. The van der Waals surface area contributed by atoms with Crippen LogP contribution in [0.25, 0.3) is 0 Å². The summed E-state index contributed by atoms with van der Waals surface area (Å²) in [5.74, 6) is -2.86. The molecule has 40 heavy (non-hydrogen) atoms. The minimum absolute atomic E-state index is 0.0241. The lowest BCUT2D eigenvalue weighted by Gasteiger charge is -2.48. The number of hydrogen-bond acceptors (Lipinski definition) is 9. The first-order valence-corrected chi connectivity index (χ1v) is 13.8. The summed E-state index contributed by atoms with van der Waals surface area (Å²) in [6.07, 6.45) is 3.37. The number of aromatic nitrogens is 2. The van der Waals surface area contributed by atoms with Gasteiger partial charge in [-0.2, -0.15) is 0 Å². The number of piperazine rings is 1. The van der Waals surface area contributed by atoms with Crippen LogP contribution < -0.4 is 21.7 Å². The summed E-state index contributed by atoms with van der Waals surface area (Å²) in [6, 6.07) is 2.59. The van der Waals surface area contributed by atoms with Crippen LogP contribution in [0.2, 0.25) is 5.15 Å². The largest absolute Gasteiger partial charge is 0.396 e. The molecule has 0 spiro atoms. The fourth-order valence-corrected chi connectivity index (χ4v) is 5.74. The van der Waals surface area contributed by atoms with Crippen LogP contribution in [-0.4, -0.2) is 94.6 Å². The smallest absolute Gasteiger partial charge is 0.273 e. The maximum absolute atomic E-state index is 13.9. The topological polar surface area (TPSA) is 154 Å². The number of aliphatic hydroxyl groups excluding tert-OH is 1. The van der Waals surface area contributed by atoms with Crippen molar-refractivity contribution in [3.8, 4) is 0 Å². The Hall–Kier alpha value is -3.29. The number of rotatable bonds is 8. The van der Waals surface area contributed by atoms with Gasteiger partial charge in [0.05, 0.1) is 17.9 Å². The Labute approximate surface area is 236 Å². The fourth-order valence-electron chi connectivity index (χ4n) is 5.50. The lowest BCUT2D eigenvalue weighted by atomic mass is 9.96. The van der Waals surface area contributed by atoms with Gasteiger partial charge in [-0.05, 0) is 31.4 Å². The summed E-state index contributed by atoms with van der Waals surface area (Å²) in [6.45, 7) is 4.92. The highest BCUT2D eigenvalue weighted by molar-refractivity contribution is 6.32. The number of likely N-dealkylation sites (tertiary alicyclic amines) is 1. The SMILES string of the molecule is CCC[C@H]1CN(c2nc(N)c(C(=O)NCCO)nc2Cl)CCN1C1CCN(C(=O)c2ccc(F)c(F)c2N)CC1. The number of piperidine rings is 1. The van der Waals surface area contributed by atoms with Crippen LogP contribution >= 0.6 is 11.6 Å². The molecule has 3 heterocycles. The molecular weight excluding hydrogens is 546 g/mol. The molecule has 4 rings (SSSR count). The molecule has 11 nitrogen and oxygen atoms in total. The van der Waals surface area contributed by atoms with E-state index >= 15 is 0 Å². The van der Waals surface area contributed by atoms with E-state index in [0.717, 1.165) is 38.3 Å². The number of nitrogens with one attached hydrogen (secondary N) is 1. The van der Waals surface area contributed by atoms with Crippen LogP contribution in [-0.2, 0) is 0 Å². The molecule has 2 aromatic rings. The highest BCUT2D eigenvalue weighted by atomic mass is 35.5. The Morgan fingerprint density at radius 1 is 1.15 bits per heavy atom. The molecule has 2 amide bonds. The number of anilines is 3. The van der Waals surface area contributed by atoms with Crippen LogP contribution in [0.4, 0.5) is 26.1 Å². The number of nitrogen functional groups attached to an aromatic ring is 2. The number of amides is 2. The Morgan fingerprint density at radius 2 is 1.88 bits per heavy atom. The zero-order valence-electron chi connectivity index (χ0n) is 22.4. The molecule has 2 fully saturated rings. The van der Waals surface area contributed by atoms with Crippen molar-refractivity contribution in [1.29, 1.82) is 0 Å². The monoisotopic (exact) mass is 580 g/mol. The summed E-state index contributed by atoms with van der Waals surface area (Å²) < 4.78 is 27.4. The first kappa shape index (κ1) is 29.7. The number of carbonyl (C=O) groups excluding carboxylic acids is 2. The van der Waals surface area contributed by atoms with E-state index in [9.17, 15) is 18.4 Å². The van der Waals surface area contributed by atoms with Crippen molar-refractivity contribution in [1.82, 2.24) is 25.1 Å². The summed E-state index contributed by atoms with van der Waals surface area (Å²) in [5, 5.41) is 11.5. The third-order valence-electron chi connectivity index (χ3n) is 7.51. The highest BCUT2D eigenvalue weighted by Gasteiger charge is 2.36.